The van der Waals surface area contributed by atoms with Crippen LogP contribution in [-0.4, -0.2) is 36.6 Å². The predicted octanol–water partition coefficient (Wildman–Crippen LogP) is 0.795. The molecule has 7 nitrogen and oxygen atoms in total. The third kappa shape index (κ3) is 2.18. The first-order valence-corrected chi connectivity index (χ1v) is 7.11. The van der Waals surface area contributed by atoms with E-state index in [1.165, 1.54) is 4.90 Å². The highest BCUT2D eigenvalue weighted by molar-refractivity contribution is 6.03. The summed E-state index contributed by atoms with van der Waals surface area (Å²) in [5, 5.41) is 0. The Hall–Kier alpha value is -2.57. The van der Waals surface area contributed by atoms with Gasteiger partial charge in [0.25, 0.3) is 5.91 Å². The normalized spacial score (nSPS) is 20.6. The van der Waals surface area contributed by atoms with E-state index in [-0.39, 0.29) is 18.5 Å². The zero-order valence-corrected chi connectivity index (χ0v) is 12.4. The molecule has 1 aromatic rings. The molecule has 2 aliphatic heterocycles. The van der Waals surface area contributed by atoms with Crippen LogP contribution in [-0.2, 0) is 20.7 Å². The van der Waals surface area contributed by atoms with Gasteiger partial charge < -0.3 is 15.4 Å². The van der Waals surface area contributed by atoms with Crippen molar-refractivity contribution in [1.29, 1.82) is 0 Å². The molecular formula is C15H17N3O4. The Morgan fingerprint density at radius 2 is 2.09 bits per heavy atom. The summed E-state index contributed by atoms with van der Waals surface area (Å²) in [6.45, 7) is 4.00. The Labute approximate surface area is 127 Å². The van der Waals surface area contributed by atoms with E-state index in [0.29, 0.717) is 12.1 Å². The lowest BCUT2D eigenvalue weighted by molar-refractivity contribution is -0.124. The number of amides is 3. The molecule has 1 unspecified atom stereocenters. The van der Waals surface area contributed by atoms with Crippen molar-refractivity contribution in [2.45, 2.75) is 32.4 Å². The Balaban J connectivity index is 1.90. The average Bonchev–Trinajstić information content (AvgIpc) is 2.97. The van der Waals surface area contributed by atoms with Crippen molar-refractivity contribution in [3.8, 4) is 0 Å². The highest BCUT2D eigenvalue weighted by atomic mass is 16.6. The SMILES string of the molecule is CC(C)N1C(=O)Cc2cc(N3CC(C(N)=O)OC3=O)ccc21. The summed E-state index contributed by atoms with van der Waals surface area (Å²) < 4.78 is 4.92. The molecule has 116 valence electrons. The van der Waals surface area contributed by atoms with Crippen LogP contribution in [0.25, 0.3) is 0 Å². The zero-order valence-electron chi connectivity index (χ0n) is 12.4. The largest absolute Gasteiger partial charge is 0.434 e. The predicted molar refractivity (Wildman–Crippen MR) is 79.6 cm³/mol. The van der Waals surface area contributed by atoms with E-state index in [4.69, 9.17) is 10.5 Å². The number of ether oxygens (including phenoxy) is 1. The van der Waals surface area contributed by atoms with Gasteiger partial charge in [0.15, 0.2) is 6.10 Å². The molecule has 3 rings (SSSR count). The van der Waals surface area contributed by atoms with Gasteiger partial charge in [0, 0.05) is 17.4 Å². The highest BCUT2D eigenvalue weighted by Crippen LogP contribution is 2.34. The van der Waals surface area contributed by atoms with Crippen molar-refractivity contribution in [2.24, 2.45) is 5.73 Å². The summed E-state index contributed by atoms with van der Waals surface area (Å²) in [7, 11) is 0. The van der Waals surface area contributed by atoms with E-state index in [9.17, 15) is 14.4 Å². The third-order valence-electron chi connectivity index (χ3n) is 3.89. The molecule has 0 aliphatic carbocycles. The Morgan fingerprint density at radius 3 is 2.68 bits per heavy atom. The number of fused-ring (bicyclic) bond motifs is 1. The Morgan fingerprint density at radius 1 is 1.36 bits per heavy atom. The second kappa shape index (κ2) is 5.01. The molecule has 0 bridgehead atoms. The molecule has 0 spiro atoms. The highest BCUT2D eigenvalue weighted by Gasteiger charge is 2.37. The maximum atomic E-state index is 12.1. The smallest absolute Gasteiger partial charge is 0.415 e. The number of primary amides is 1. The first kappa shape index (κ1) is 14.4. The summed E-state index contributed by atoms with van der Waals surface area (Å²) in [5.41, 5.74) is 7.50. The van der Waals surface area contributed by atoms with Gasteiger partial charge in [0.05, 0.1) is 13.0 Å². The number of hydrogen-bond acceptors (Lipinski definition) is 4. The Bertz CT molecular complexity index is 671. The molecule has 7 heteroatoms. The summed E-state index contributed by atoms with van der Waals surface area (Å²) in [4.78, 5) is 38.2. The minimum atomic E-state index is -0.936. The molecular weight excluding hydrogens is 286 g/mol. The van der Waals surface area contributed by atoms with Gasteiger partial charge in [-0.05, 0) is 37.6 Å². The molecule has 1 fully saturated rings. The monoisotopic (exact) mass is 303 g/mol. The summed E-state index contributed by atoms with van der Waals surface area (Å²) in [5.74, 6) is -0.626. The number of nitrogens with zero attached hydrogens (tertiary/aromatic N) is 2. The Kier molecular flexibility index (Phi) is 3.27. The molecule has 0 radical (unpaired) electrons. The van der Waals surface area contributed by atoms with E-state index in [1.54, 1.807) is 17.0 Å². The van der Waals surface area contributed by atoms with Gasteiger partial charge in [-0.2, -0.15) is 0 Å². The fourth-order valence-electron chi connectivity index (χ4n) is 2.89. The first-order valence-electron chi connectivity index (χ1n) is 7.11. The maximum absolute atomic E-state index is 12.1. The van der Waals surface area contributed by atoms with E-state index in [1.807, 2.05) is 19.9 Å². The van der Waals surface area contributed by atoms with Crippen LogP contribution in [0.4, 0.5) is 16.2 Å². The second-order valence-corrected chi connectivity index (χ2v) is 5.73. The van der Waals surface area contributed by atoms with Gasteiger partial charge in [-0.25, -0.2) is 4.79 Å². The van der Waals surface area contributed by atoms with Crippen molar-refractivity contribution in [1.82, 2.24) is 0 Å². The maximum Gasteiger partial charge on any atom is 0.415 e. The zero-order chi connectivity index (χ0) is 16.0. The summed E-state index contributed by atoms with van der Waals surface area (Å²) >= 11 is 0. The summed E-state index contributed by atoms with van der Waals surface area (Å²) in [6, 6.07) is 5.44. The van der Waals surface area contributed by atoms with E-state index < -0.39 is 18.1 Å². The fraction of sp³-hybridized carbons (Fsp3) is 0.400. The first-order chi connectivity index (χ1) is 10.4. The lowest BCUT2D eigenvalue weighted by Crippen LogP contribution is -2.33. The number of carbonyl (C=O) groups excluding carboxylic acids is 3. The van der Waals surface area contributed by atoms with Crippen molar-refractivity contribution >= 4 is 29.3 Å². The van der Waals surface area contributed by atoms with Crippen LogP contribution in [0, 0.1) is 0 Å². The quantitative estimate of drug-likeness (QED) is 0.893. The van der Waals surface area contributed by atoms with Gasteiger partial charge in [-0.3, -0.25) is 14.5 Å². The van der Waals surface area contributed by atoms with Crippen molar-refractivity contribution < 1.29 is 19.1 Å². The number of carbonyl (C=O) groups is 3. The number of rotatable bonds is 3. The minimum Gasteiger partial charge on any atom is -0.434 e. The number of hydrogen-bond donors (Lipinski definition) is 1. The number of nitrogens with two attached hydrogens (primary N) is 1. The van der Waals surface area contributed by atoms with Gasteiger partial charge in [-0.1, -0.05) is 0 Å². The lowest BCUT2D eigenvalue weighted by atomic mass is 10.1. The van der Waals surface area contributed by atoms with Gasteiger partial charge in [-0.15, -0.1) is 0 Å². The average molecular weight is 303 g/mol. The number of benzene rings is 1. The summed E-state index contributed by atoms with van der Waals surface area (Å²) in [6.07, 6.45) is -1.23. The molecule has 22 heavy (non-hydrogen) atoms. The third-order valence-corrected chi connectivity index (χ3v) is 3.89. The van der Waals surface area contributed by atoms with Crippen LogP contribution in [0.2, 0.25) is 0 Å². The van der Waals surface area contributed by atoms with Crippen LogP contribution in [0.3, 0.4) is 0 Å². The molecule has 0 saturated carbocycles. The molecule has 2 heterocycles. The van der Waals surface area contributed by atoms with E-state index in [2.05, 4.69) is 0 Å². The van der Waals surface area contributed by atoms with Crippen molar-refractivity contribution in [3.63, 3.8) is 0 Å². The van der Waals surface area contributed by atoms with Crippen molar-refractivity contribution in [2.75, 3.05) is 16.3 Å². The van der Waals surface area contributed by atoms with Crippen LogP contribution in [0.15, 0.2) is 18.2 Å². The van der Waals surface area contributed by atoms with Crippen LogP contribution >= 0.6 is 0 Å². The van der Waals surface area contributed by atoms with Gasteiger partial charge in [0.1, 0.15) is 0 Å². The van der Waals surface area contributed by atoms with Gasteiger partial charge >= 0.3 is 6.09 Å². The van der Waals surface area contributed by atoms with E-state index >= 15 is 0 Å². The number of anilines is 2. The minimum absolute atomic E-state index is 0.0427. The standard InChI is InChI=1S/C15H17N3O4/c1-8(2)18-11-4-3-10(5-9(11)6-13(18)19)17-7-12(14(16)20)22-15(17)21/h3-5,8,12H,6-7H2,1-2H3,(H2,16,20). The van der Waals surface area contributed by atoms with Crippen LogP contribution in [0.5, 0.6) is 0 Å². The van der Waals surface area contributed by atoms with E-state index in [0.717, 1.165) is 11.3 Å². The molecule has 1 aromatic carbocycles. The fourth-order valence-corrected chi connectivity index (χ4v) is 2.89. The van der Waals surface area contributed by atoms with Crippen molar-refractivity contribution in [3.05, 3.63) is 23.8 Å². The molecule has 3 amide bonds. The molecule has 2 aliphatic rings. The van der Waals surface area contributed by atoms with Crippen LogP contribution in [0.1, 0.15) is 19.4 Å². The number of cyclic esters (lactones) is 1. The molecule has 0 aromatic heterocycles. The second-order valence-electron chi connectivity index (χ2n) is 5.73. The van der Waals surface area contributed by atoms with Gasteiger partial charge in [0.2, 0.25) is 5.91 Å². The molecule has 1 atom stereocenters. The topological polar surface area (TPSA) is 92.9 Å². The molecule has 2 N–H and O–H groups in total. The lowest BCUT2D eigenvalue weighted by Gasteiger charge is -2.22. The van der Waals surface area contributed by atoms with Crippen LogP contribution < -0.4 is 15.5 Å². The molecule has 1 saturated heterocycles.